The third-order valence-electron chi connectivity index (χ3n) is 4.22. The van der Waals surface area contributed by atoms with E-state index in [1.807, 2.05) is 18.4 Å². The third-order valence-corrected chi connectivity index (χ3v) is 6.76. The van der Waals surface area contributed by atoms with Crippen molar-refractivity contribution in [2.45, 2.75) is 25.2 Å². The lowest BCUT2D eigenvalue weighted by molar-refractivity contribution is -0.128. The highest BCUT2D eigenvalue weighted by atomic mass is 32.2. The molecule has 2 heterocycles. The summed E-state index contributed by atoms with van der Waals surface area (Å²) in [5, 5.41) is 7.18. The average Bonchev–Trinajstić information content (AvgIpc) is 2.95. The SMILES string of the molecule is Cc1ccsc1CCNS(=O)(=O)c1ccc2c(c1)NC(=O)C(C)C(=O)N2. The van der Waals surface area contributed by atoms with Crippen LogP contribution in [0.25, 0.3) is 0 Å². The molecule has 1 aliphatic rings. The van der Waals surface area contributed by atoms with Crippen molar-refractivity contribution in [3.8, 4) is 0 Å². The second kappa shape index (κ2) is 7.18. The molecule has 3 N–H and O–H groups in total. The van der Waals surface area contributed by atoms with Crippen LogP contribution in [0.3, 0.4) is 0 Å². The smallest absolute Gasteiger partial charge is 0.240 e. The minimum Gasteiger partial charge on any atom is -0.324 e. The molecule has 138 valence electrons. The quantitative estimate of drug-likeness (QED) is 0.677. The van der Waals surface area contributed by atoms with E-state index in [1.54, 1.807) is 11.3 Å². The molecule has 1 aliphatic heterocycles. The molecule has 9 heteroatoms. The molecule has 0 aliphatic carbocycles. The second-order valence-corrected chi connectivity index (χ2v) is 8.85. The molecule has 2 amide bonds. The number of sulfonamides is 1. The number of hydrogen-bond acceptors (Lipinski definition) is 5. The molecule has 1 aromatic heterocycles. The van der Waals surface area contributed by atoms with E-state index in [1.165, 1.54) is 25.1 Å². The maximum atomic E-state index is 12.5. The van der Waals surface area contributed by atoms with Crippen molar-refractivity contribution >= 4 is 44.5 Å². The molecule has 7 nitrogen and oxygen atoms in total. The van der Waals surface area contributed by atoms with Crippen LogP contribution in [0.5, 0.6) is 0 Å². The number of thiophene rings is 1. The number of rotatable bonds is 5. The monoisotopic (exact) mass is 393 g/mol. The van der Waals surface area contributed by atoms with Crippen LogP contribution in [-0.2, 0) is 26.0 Å². The normalized spacial score (nSPS) is 17.2. The van der Waals surface area contributed by atoms with E-state index < -0.39 is 27.8 Å². The van der Waals surface area contributed by atoms with Gasteiger partial charge in [0.15, 0.2) is 0 Å². The summed E-state index contributed by atoms with van der Waals surface area (Å²) < 4.78 is 27.6. The predicted octanol–water partition coefficient (Wildman–Crippen LogP) is 2.10. The van der Waals surface area contributed by atoms with Crippen LogP contribution in [0.15, 0.2) is 34.5 Å². The van der Waals surface area contributed by atoms with Gasteiger partial charge in [0.1, 0.15) is 5.92 Å². The van der Waals surface area contributed by atoms with E-state index in [0.717, 1.165) is 10.4 Å². The molecule has 0 bridgehead atoms. The van der Waals surface area contributed by atoms with Gasteiger partial charge in [-0.15, -0.1) is 11.3 Å². The topological polar surface area (TPSA) is 104 Å². The van der Waals surface area contributed by atoms with Gasteiger partial charge in [0.05, 0.1) is 16.3 Å². The maximum absolute atomic E-state index is 12.5. The molecule has 3 rings (SSSR count). The molecule has 0 fully saturated rings. The summed E-state index contributed by atoms with van der Waals surface area (Å²) in [6.07, 6.45) is 0.609. The Kier molecular flexibility index (Phi) is 5.12. The highest BCUT2D eigenvalue weighted by Crippen LogP contribution is 2.28. The molecule has 0 spiro atoms. The average molecular weight is 393 g/mol. The van der Waals surface area contributed by atoms with Gasteiger partial charge in [0, 0.05) is 11.4 Å². The van der Waals surface area contributed by atoms with Crippen molar-refractivity contribution in [3.63, 3.8) is 0 Å². The number of fused-ring (bicyclic) bond motifs is 1. The molecule has 0 saturated heterocycles. The van der Waals surface area contributed by atoms with Gasteiger partial charge in [0.2, 0.25) is 21.8 Å². The van der Waals surface area contributed by atoms with Crippen molar-refractivity contribution in [3.05, 3.63) is 40.1 Å². The summed E-state index contributed by atoms with van der Waals surface area (Å²) in [4.78, 5) is 25.0. The molecular weight excluding hydrogens is 374 g/mol. The van der Waals surface area contributed by atoms with Crippen LogP contribution in [0, 0.1) is 12.8 Å². The Bertz CT molecular complexity index is 966. The number of aryl methyl sites for hydroxylation is 1. The summed E-state index contributed by atoms with van der Waals surface area (Å²) in [6.45, 7) is 3.76. The van der Waals surface area contributed by atoms with Crippen molar-refractivity contribution in [1.29, 1.82) is 0 Å². The zero-order valence-corrected chi connectivity index (χ0v) is 16.0. The number of benzene rings is 1. The molecule has 2 aromatic rings. The minimum absolute atomic E-state index is 0.0308. The first-order valence-corrected chi connectivity index (χ1v) is 10.4. The number of carbonyl (C=O) groups excluding carboxylic acids is 2. The number of amides is 2. The van der Waals surface area contributed by atoms with Crippen LogP contribution in [0.4, 0.5) is 11.4 Å². The molecule has 1 unspecified atom stereocenters. The van der Waals surface area contributed by atoms with Crippen molar-refractivity contribution < 1.29 is 18.0 Å². The number of nitrogens with one attached hydrogen (secondary N) is 3. The van der Waals surface area contributed by atoms with Gasteiger partial charge in [-0.05, 0) is 55.5 Å². The van der Waals surface area contributed by atoms with Gasteiger partial charge >= 0.3 is 0 Å². The van der Waals surface area contributed by atoms with Crippen LogP contribution in [0.1, 0.15) is 17.4 Å². The summed E-state index contributed by atoms with van der Waals surface area (Å²) in [5.74, 6) is -1.76. The summed E-state index contributed by atoms with van der Waals surface area (Å²) in [7, 11) is -3.73. The lowest BCUT2D eigenvalue weighted by Crippen LogP contribution is -2.28. The van der Waals surface area contributed by atoms with Crippen LogP contribution in [0.2, 0.25) is 0 Å². The number of carbonyl (C=O) groups is 2. The van der Waals surface area contributed by atoms with E-state index in [0.29, 0.717) is 12.1 Å². The van der Waals surface area contributed by atoms with E-state index >= 15 is 0 Å². The third kappa shape index (κ3) is 3.79. The Labute approximate surface area is 155 Å². The zero-order chi connectivity index (χ0) is 18.9. The summed E-state index contributed by atoms with van der Waals surface area (Å²) >= 11 is 1.59. The minimum atomic E-state index is -3.73. The lowest BCUT2D eigenvalue weighted by atomic mass is 10.1. The fraction of sp³-hybridized carbons (Fsp3) is 0.294. The molecule has 1 aromatic carbocycles. The predicted molar refractivity (Wildman–Crippen MR) is 101 cm³/mol. The Morgan fingerprint density at radius 3 is 2.46 bits per heavy atom. The fourth-order valence-corrected chi connectivity index (χ4v) is 4.51. The van der Waals surface area contributed by atoms with Crippen molar-refractivity contribution in [2.75, 3.05) is 17.2 Å². The highest BCUT2D eigenvalue weighted by Gasteiger charge is 2.27. The Morgan fingerprint density at radius 1 is 1.12 bits per heavy atom. The molecule has 0 radical (unpaired) electrons. The molecule has 1 atom stereocenters. The molecule has 26 heavy (non-hydrogen) atoms. The first-order chi connectivity index (χ1) is 12.3. The fourth-order valence-electron chi connectivity index (χ4n) is 2.55. The first kappa shape index (κ1) is 18.6. The maximum Gasteiger partial charge on any atom is 0.240 e. The van der Waals surface area contributed by atoms with E-state index in [9.17, 15) is 18.0 Å². The van der Waals surface area contributed by atoms with Crippen molar-refractivity contribution in [1.82, 2.24) is 4.72 Å². The molecular formula is C17H19N3O4S2. The van der Waals surface area contributed by atoms with Crippen LogP contribution >= 0.6 is 11.3 Å². The van der Waals surface area contributed by atoms with Gasteiger partial charge in [-0.25, -0.2) is 13.1 Å². The second-order valence-electron chi connectivity index (χ2n) is 6.08. The largest absolute Gasteiger partial charge is 0.324 e. The van der Waals surface area contributed by atoms with Crippen LogP contribution in [-0.4, -0.2) is 26.8 Å². The summed E-state index contributed by atoms with van der Waals surface area (Å²) in [6, 6.07) is 6.23. The van der Waals surface area contributed by atoms with Gasteiger partial charge < -0.3 is 10.6 Å². The summed E-state index contributed by atoms with van der Waals surface area (Å²) in [5.41, 5.74) is 1.79. The van der Waals surface area contributed by atoms with E-state index in [4.69, 9.17) is 0 Å². The van der Waals surface area contributed by atoms with E-state index in [-0.39, 0.29) is 17.1 Å². The molecule has 0 saturated carbocycles. The van der Waals surface area contributed by atoms with Gasteiger partial charge in [-0.3, -0.25) is 9.59 Å². The zero-order valence-electron chi connectivity index (χ0n) is 14.3. The lowest BCUT2D eigenvalue weighted by Gasteiger charge is -2.11. The number of anilines is 2. The van der Waals surface area contributed by atoms with Crippen LogP contribution < -0.4 is 15.4 Å². The Hall–Kier alpha value is -2.23. The Balaban J connectivity index is 1.76. The Morgan fingerprint density at radius 2 is 1.81 bits per heavy atom. The van der Waals surface area contributed by atoms with Crippen molar-refractivity contribution in [2.24, 2.45) is 5.92 Å². The van der Waals surface area contributed by atoms with Gasteiger partial charge in [-0.1, -0.05) is 0 Å². The van der Waals surface area contributed by atoms with Gasteiger partial charge in [0.25, 0.3) is 0 Å². The standard InChI is InChI=1S/C17H19N3O4S2/c1-10-6-8-25-15(10)5-7-18-26(23,24)12-3-4-13-14(9-12)20-17(22)11(2)16(21)19-13/h3-4,6,8-9,11,18H,5,7H2,1-2H3,(H,19,21)(H,20,22). The number of hydrogen-bond donors (Lipinski definition) is 3. The highest BCUT2D eigenvalue weighted by molar-refractivity contribution is 7.89. The van der Waals surface area contributed by atoms with Gasteiger partial charge in [-0.2, -0.15) is 0 Å². The van der Waals surface area contributed by atoms with E-state index in [2.05, 4.69) is 15.4 Å². The first-order valence-electron chi connectivity index (χ1n) is 8.06.